The van der Waals surface area contributed by atoms with Gasteiger partial charge < -0.3 is 18.8 Å². The van der Waals surface area contributed by atoms with Crippen LogP contribution >= 0.6 is 0 Å². The van der Waals surface area contributed by atoms with Crippen LogP contribution in [0.1, 0.15) is 181 Å². The maximum atomic E-state index is 7.80. The Labute approximate surface area is 598 Å². The van der Waals surface area contributed by atoms with E-state index in [0.717, 1.165) is 89.9 Å². The number of anilines is 3. The monoisotopic (exact) mass is 1320 g/mol. The van der Waals surface area contributed by atoms with E-state index in [-0.39, 0.29) is 38.4 Å². The molecule has 2 aromatic heterocycles. The molecular formula is C97H95N3O. The Hall–Kier alpha value is -10.2. The lowest BCUT2D eigenvalue weighted by atomic mass is 9.75. The fourth-order valence-corrected chi connectivity index (χ4v) is 16.0. The Balaban J connectivity index is 1.08. The van der Waals surface area contributed by atoms with Crippen LogP contribution in [0.3, 0.4) is 0 Å². The van der Waals surface area contributed by atoms with Gasteiger partial charge in [0, 0.05) is 61.1 Å². The SMILES string of the molecule is CC(C)(C)c1cc(-c2ccc3c(c2)C2c4cc(-n5c6ccc(C(C)(C)C)cc6c6cc(C(C)(C)C)ccc65)ccc4N(c4c(-c5ccccc5)cc5c(c4-c4ccccc4)c4ccccc4n5-c4ccccc4)c4cc(-c5cc(C(C)(C)C)cc(C(C)(C)C)c5)cc(c42)O3)cc(C(C)(C)C)c1. The van der Waals surface area contributed by atoms with E-state index in [1.54, 1.807) is 0 Å². The van der Waals surface area contributed by atoms with Crippen molar-refractivity contribution in [2.75, 3.05) is 4.90 Å². The standard InChI is InChI=1S/C97H95N3O/c1-92(2,3)65-39-42-80-75(55-65)76-56-66(93(4,5)6)40-43-81(76)99(80)72-41-44-82-77(57-72)88-78-50-61(62-46-67(94(7,8)9)53-68(47-62)95(10,11)12)38-45-85(78)101-86-52-64(63-48-69(96(13,14)15)54-70(49-63)97(16,17)18)51-83(90(86)88)100(82)91-74(59-30-22-19-23-31-59)58-84-89(87(91)60-32-24-20-25-33-60)73-36-28-29-37-79(73)98(84)71-34-26-21-27-35-71/h19-58,88H,1-18H3. The zero-order valence-corrected chi connectivity index (χ0v) is 62.4. The highest BCUT2D eigenvalue weighted by Gasteiger charge is 2.43. The number of fused-ring (bicyclic) bond motifs is 10. The molecule has 504 valence electrons. The third kappa shape index (κ3) is 11.2. The van der Waals surface area contributed by atoms with E-state index < -0.39 is 0 Å². The lowest BCUT2D eigenvalue weighted by molar-refractivity contribution is 0.452. The lowest BCUT2D eigenvalue weighted by Gasteiger charge is -2.43. The van der Waals surface area contributed by atoms with Gasteiger partial charge in [0.05, 0.1) is 39.1 Å². The molecule has 0 N–H and O–H groups in total. The predicted octanol–water partition coefficient (Wildman–Crippen LogP) is 27.4. The summed E-state index contributed by atoms with van der Waals surface area (Å²) in [6.07, 6.45) is 0. The number of aromatic nitrogens is 2. The Bertz CT molecular complexity index is 5520. The first kappa shape index (κ1) is 65.5. The summed E-state index contributed by atoms with van der Waals surface area (Å²) >= 11 is 0. The highest BCUT2D eigenvalue weighted by Crippen LogP contribution is 2.63. The Kier molecular flexibility index (Phi) is 15.0. The molecule has 16 rings (SSSR count). The van der Waals surface area contributed by atoms with Crippen LogP contribution in [0.5, 0.6) is 11.5 Å². The molecule has 1 unspecified atom stereocenters. The molecule has 101 heavy (non-hydrogen) atoms. The number of para-hydroxylation sites is 2. The van der Waals surface area contributed by atoms with Crippen LogP contribution < -0.4 is 9.64 Å². The van der Waals surface area contributed by atoms with Crippen molar-refractivity contribution in [3.63, 3.8) is 0 Å². The largest absolute Gasteiger partial charge is 0.457 e. The van der Waals surface area contributed by atoms with Gasteiger partial charge in [0.25, 0.3) is 0 Å². The Morgan fingerprint density at radius 1 is 0.287 bits per heavy atom. The maximum Gasteiger partial charge on any atom is 0.134 e. The van der Waals surface area contributed by atoms with Crippen molar-refractivity contribution >= 4 is 60.7 Å². The zero-order chi connectivity index (χ0) is 70.8. The van der Waals surface area contributed by atoms with Crippen LogP contribution in [-0.4, -0.2) is 9.13 Å². The number of ether oxygens (including phenoxy) is 1. The summed E-state index contributed by atoms with van der Waals surface area (Å²) in [5.74, 6) is 1.45. The smallest absolute Gasteiger partial charge is 0.134 e. The minimum absolute atomic E-state index is 0.0525. The van der Waals surface area contributed by atoms with E-state index in [0.29, 0.717) is 0 Å². The van der Waals surface area contributed by atoms with Gasteiger partial charge in [-0.25, -0.2) is 0 Å². The van der Waals surface area contributed by atoms with Gasteiger partial charge in [0.15, 0.2) is 0 Å². The van der Waals surface area contributed by atoms with Crippen molar-refractivity contribution in [1.29, 1.82) is 0 Å². The van der Waals surface area contributed by atoms with Gasteiger partial charge in [0.1, 0.15) is 11.5 Å². The zero-order valence-electron chi connectivity index (χ0n) is 62.4. The van der Waals surface area contributed by atoms with Crippen molar-refractivity contribution in [2.45, 2.75) is 163 Å². The van der Waals surface area contributed by atoms with Crippen LogP contribution in [0.15, 0.2) is 243 Å². The van der Waals surface area contributed by atoms with Crippen molar-refractivity contribution in [3.05, 3.63) is 293 Å². The third-order valence-corrected chi connectivity index (χ3v) is 21.8. The fourth-order valence-electron chi connectivity index (χ4n) is 16.0. The van der Waals surface area contributed by atoms with Gasteiger partial charge in [0.2, 0.25) is 0 Å². The quantitative estimate of drug-likeness (QED) is 0.159. The van der Waals surface area contributed by atoms with Gasteiger partial charge in [-0.05, 0) is 196 Å². The van der Waals surface area contributed by atoms with Gasteiger partial charge in [-0.2, -0.15) is 0 Å². The van der Waals surface area contributed by atoms with Crippen LogP contribution in [-0.2, 0) is 32.5 Å². The molecule has 0 aliphatic carbocycles. The van der Waals surface area contributed by atoms with E-state index in [9.17, 15) is 0 Å². The molecule has 0 saturated carbocycles. The van der Waals surface area contributed by atoms with Crippen molar-refractivity contribution < 1.29 is 4.74 Å². The van der Waals surface area contributed by atoms with Gasteiger partial charge in [-0.3, -0.25) is 0 Å². The second kappa shape index (κ2) is 23.2. The van der Waals surface area contributed by atoms with Gasteiger partial charge in [-0.1, -0.05) is 276 Å². The summed E-state index contributed by atoms with van der Waals surface area (Å²) < 4.78 is 12.8. The van der Waals surface area contributed by atoms with Crippen molar-refractivity contribution in [2.24, 2.45) is 0 Å². The first-order valence-corrected chi connectivity index (χ1v) is 36.5. The molecule has 4 heteroatoms. The summed E-state index contributed by atoms with van der Waals surface area (Å²) in [4.78, 5) is 2.69. The summed E-state index contributed by atoms with van der Waals surface area (Å²) in [5.41, 5.74) is 30.2. The average molecular weight is 1320 g/mol. The minimum Gasteiger partial charge on any atom is -0.457 e. The number of rotatable bonds is 7. The third-order valence-electron chi connectivity index (χ3n) is 21.8. The predicted molar refractivity (Wildman–Crippen MR) is 431 cm³/mol. The second-order valence-corrected chi connectivity index (χ2v) is 35.1. The highest BCUT2D eigenvalue weighted by atomic mass is 16.5. The molecule has 2 aliphatic rings. The Morgan fingerprint density at radius 2 is 0.762 bits per heavy atom. The molecule has 12 aromatic carbocycles. The van der Waals surface area contributed by atoms with Crippen molar-refractivity contribution in [1.82, 2.24) is 9.13 Å². The number of hydrogen-bond acceptors (Lipinski definition) is 2. The maximum absolute atomic E-state index is 7.80. The molecule has 0 saturated heterocycles. The number of hydrogen-bond donors (Lipinski definition) is 0. The first-order chi connectivity index (χ1) is 47.9. The summed E-state index contributed by atoms with van der Waals surface area (Å²) in [6, 6.07) is 93.5. The molecule has 1 atom stereocenters. The van der Waals surface area contributed by atoms with Gasteiger partial charge in [-0.15, -0.1) is 0 Å². The fraction of sp³-hybridized carbons (Fsp3) is 0.258. The molecule has 0 bridgehead atoms. The number of benzene rings is 12. The van der Waals surface area contributed by atoms with Crippen molar-refractivity contribution in [3.8, 4) is 67.4 Å². The van der Waals surface area contributed by atoms with E-state index >= 15 is 0 Å². The molecule has 0 radical (unpaired) electrons. The molecular weight excluding hydrogens is 1220 g/mol. The molecule has 4 heterocycles. The Morgan fingerprint density at radius 3 is 1.31 bits per heavy atom. The highest BCUT2D eigenvalue weighted by molar-refractivity contribution is 6.22. The summed E-state index contributed by atoms with van der Waals surface area (Å²) in [6.45, 7) is 42.1. The van der Waals surface area contributed by atoms with Crippen LogP contribution in [0.25, 0.3) is 99.5 Å². The first-order valence-electron chi connectivity index (χ1n) is 36.5. The minimum atomic E-state index is -0.278. The topological polar surface area (TPSA) is 22.3 Å². The molecule has 14 aromatic rings. The normalized spacial score (nSPS) is 14.2. The van der Waals surface area contributed by atoms with E-state index in [1.807, 2.05) is 0 Å². The summed E-state index contributed by atoms with van der Waals surface area (Å²) in [5, 5.41) is 4.90. The van der Waals surface area contributed by atoms with Crippen LogP contribution in [0.4, 0.5) is 17.1 Å². The molecule has 2 aliphatic heterocycles. The molecule has 0 amide bonds. The van der Waals surface area contributed by atoms with E-state index in [4.69, 9.17) is 4.74 Å². The van der Waals surface area contributed by atoms with E-state index in [2.05, 4.69) is 381 Å². The average Bonchev–Trinajstić information content (AvgIpc) is 1.36. The second-order valence-electron chi connectivity index (χ2n) is 35.1. The van der Waals surface area contributed by atoms with Crippen LogP contribution in [0.2, 0.25) is 0 Å². The van der Waals surface area contributed by atoms with E-state index in [1.165, 1.54) is 88.2 Å². The lowest BCUT2D eigenvalue weighted by Crippen LogP contribution is -2.26. The van der Waals surface area contributed by atoms with Gasteiger partial charge >= 0.3 is 0 Å². The molecule has 4 nitrogen and oxygen atoms in total. The summed E-state index contributed by atoms with van der Waals surface area (Å²) in [7, 11) is 0. The van der Waals surface area contributed by atoms with Crippen LogP contribution in [0, 0.1) is 0 Å². The number of nitrogens with zero attached hydrogens (tertiary/aromatic N) is 3. The molecule has 0 spiro atoms. The molecule has 0 fully saturated rings.